The monoisotopic (exact) mass is 344 g/mol. The van der Waals surface area contributed by atoms with Crippen molar-refractivity contribution in [2.45, 2.75) is 25.0 Å². The Balaban J connectivity index is 2.77. The van der Waals surface area contributed by atoms with E-state index in [-0.39, 0.29) is 6.42 Å². The molecule has 1 aromatic rings. The highest BCUT2D eigenvalue weighted by Gasteiger charge is 2.25. The van der Waals surface area contributed by atoms with Gasteiger partial charge in [-0.15, -0.1) is 0 Å². The Bertz CT molecular complexity index is 622. The Hall–Kier alpha value is -1.77. The zero-order chi connectivity index (χ0) is 17.5. The first-order chi connectivity index (χ1) is 10.8. The average molecular weight is 344 g/mol. The molecular weight excluding hydrogens is 324 g/mol. The molecule has 1 aromatic carbocycles. The molecule has 2 atom stereocenters. The van der Waals surface area contributed by atoms with Gasteiger partial charge in [-0.3, -0.25) is 4.18 Å². The lowest BCUT2D eigenvalue weighted by molar-refractivity contribution is -0.121. The maximum absolute atomic E-state index is 11.4. The second-order valence-corrected chi connectivity index (χ2v) is 6.50. The minimum absolute atomic E-state index is 0.266. The minimum Gasteiger partial charge on any atom is -0.465 e. The van der Waals surface area contributed by atoms with Crippen molar-refractivity contribution in [1.82, 2.24) is 0 Å². The molecule has 0 aliphatic carbocycles. The zero-order valence-corrected chi connectivity index (χ0v) is 14.0. The summed E-state index contributed by atoms with van der Waals surface area (Å²) in [4.78, 5) is 22.3. The van der Waals surface area contributed by atoms with Crippen LogP contribution in [-0.4, -0.2) is 53.4 Å². The Morgan fingerprint density at radius 2 is 1.83 bits per heavy atom. The van der Waals surface area contributed by atoms with E-state index in [9.17, 15) is 18.0 Å². The third-order valence-corrected chi connectivity index (χ3v) is 3.76. The van der Waals surface area contributed by atoms with Crippen molar-refractivity contribution in [2.75, 3.05) is 20.5 Å². The van der Waals surface area contributed by atoms with Gasteiger partial charge in [-0.2, -0.15) is 8.42 Å². The summed E-state index contributed by atoms with van der Waals surface area (Å²) in [6, 6.07) is 6.68. The standard InChI is InChI=1S/C15H20O7S/c1-20-14(10-16)13(22-23(3,18)19)9-6-11-4-7-12(8-5-11)15(17)21-2/h4-5,7-8,10,13-14H,6,9H2,1-3H3. The van der Waals surface area contributed by atoms with E-state index in [1.807, 2.05) is 0 Å². The SMILES string of the molecule is COC(=O)c1ccc(CCC(OS(C)(=O)=O)C(C=O)OC)cc1. The minimum atomic E-state index is -3.71. The van der Waals surface area contributed by atoms with Crippen molar-refractivity contribution in [3.8, 4) is 0 Å². The fraction of sp³-hybridized carbons (Fsp3) is 0.467. The van der Waals surface area contributed by atoms with Gasteiger partial charge in [-0.05, 0) is 30.5 Å². The molecule has 0 amide bonds. The molecule has 1 rings (SSSR count). The molecule has 0 fully saturated rings. The van der Waals surface area contributed by atoms with E-state index in [1.54, 1.807) is 24.3 Å². The lowest BCUT2D eigenvalue weighted by Crippen LogP contribution is -2.34. The second-order valence-electron chi connectivity index (χ2n) is 4.90. The van der Waals surface area contributed by atoms with Crippen LogP contribution in [0.1, 0.15) is 22.3 Å². The molecule has 0 saturated carbocycles. The van der Waals surface area contributed by atoms with Gasteiger partial charge in [0.25, 0.3) is 10.1 Å². The highest BCUT2D eigenvalue weighted by molar-refractivity contribution is 7.86. The lowest BCUT2D eigenvalue weighted by atomic mass is 10.0. The zero-order valence-electron chi connectivity index (χ0n) is 13.2. The fourth-order valence-corrected chi connectivity index (χ4v) is 2.68. The third kappa shape index (κ3) is 6.47. The molecule has 0 spiro atoms. The Kier molecular flexibility index (Phi) is 7.34. The summed E-state index contributed by atoms with van der Waals surface area (Å²) < 4.78 is 37.1. The summed E-state index contributed by atoms with van der Waals surface area (Å²) in [7, 11) is -1.11. The first-order valence-corrected chi connectivity index (χ1v) is 8.66. The Labute approximate surface area is 135 Å². The molecule has 0 aromatic heterocycles. The highest BCUT2D eigenvalue weighted by atomic mass is 32.2. The number of benzene rings is 1. The average Bonchev–Trinajstić information content (AvgIpc) is 2.52. The van der Waals surface area contributed by atoms with E-state index in [0.29, 0.717) is 18.3 Å². The molecular formula is C15H20O7S. The second kappa shape index (κ2) is 8.76. The number of carbonyl (C=O) groups is 2. The number of hydrogen-bond donors (Lipinski definition) is 0. The number of aryl methyl sites for hydroxylation is 1. The summed E-state index contributed by atoms with van der Waals surface area (Å²) >= 11 is 0. The largest absolute Gasteiger partial charge is 0.465 e. The third-order valence-electron chi connectivity index (χ3n) is 3.16. The van der Waals surface area contributed by atoms with Crippen molar-refractivity contribution in [2.24, 2.45) is 0 Å². The van der Waals surface area contributed by atoms with Gasteiger partial charge in [0.2, 0.25) is 0 Å². The van der Waals surface area contributed by atoms with Crippen LogP contribution in [0.25, 0.3) is 0 Å². The van der Waals surface area contributed by atoms with E-state index in [2.05, 4.69) is 4.74 Å². The molecule has 0 saturated heterocycles. The van der Waals surface area contributed by atoms with Crippen LogP contribution in [0.3, 0.4) is 0 Å². The number of rotatable bonds is 9. The van der Waals surface area contributed by atoms with E-state index in [0.717, 1.165) is 11.8 Å². The van der Waals surface area contributed by atoms with Crippen molar-refractivity contribution >= 4 is 22.4 Å². The molecule has 7 nitrogen and oxygen atoms in total. The first kappa shape index (κ1) is 19.3. The van der Waals surface area contributed by atoms with Crippen LogP contribution in [0, 0.1) is 0 Å². The van der Waals surface area contributed by atoms with Crippen LogP contribution < -0.4 is 0 Å². The number of esters is 1. The van der Waals surface area contributed by atoms with Gasteiger partial charge in [0, 0.05) is 7.11 Å². The van der Waals surface area contributed by atoms with Crippen molar-refractivity contribution in [1.29, 1.82) is 0 Å². The summed E-state index contributed by atoms with van der Waals surface area (Å²) in [6.07, 6.45) is 0.266. The van der Waals surface area contributed by atoms with Crippen molar-refractivity contribution in [3.63, 3.8) is 0 Å². The first-order valence-electron chi connectivity index (χ1n) is 6.84. The van der Waals surface area contributed by atoms with Crippen LogP contribution in [0.15, 0.2) is 24.3 Å². The van der Waals surface area contributed by atoms with Crippen LogP contribution in [-0.2, 0) is 35.0 Å². The normalized spacial score (nSPS) is 14.0. The summed E-state index contributed by atoms with van der Waals surface area (Å²) in [5.41, 5.74) is 1.28. The highest BCUT2D eigenvalue weighted by Crippen LogP contribution is 2.15. The molecule has 0 aliphatic heterocycles. The summed E-state index contributed by atoms with van der Waals surface area (Å²) in [6.45, 7) is 0. The van der Waals surface area contributed by atoms with Gasteiger partial charge in [-0.1, -0.05) is 12.1 Å². The smallest absolute Gasteiger partial charge is 0.337 e. The van der Waals surface area contributed by atoms with Crippen molar-refractivity contribution < 1.29 is 31.7 Å². The number of ether oxygens (including phenoxy) is 2. The van der Waals surface area contributed by atoms with Crippen LogP contribution in [0.5, 0.6) is 0 Å². The van der Waals surface area contributed by atoms with Crippen LogP contribution >= 0.6 is 0 Å². The number of carbonyl (C=O) groups excluding carboxylic acids is 2. The van der Waals surface area contributed by atoms with Gasteiger partial charge in [0.1, 0.15) is 12.2 Å². The molecule has 0 heterocycles. The van der Waals surface area contributed by atoms with Gasteiger partial charge in [0.15, 0.2) is 6.29 Å². The number of hydrogen-bond acceptors (Lipinski definition) is 7. The maximum atomic E-state index is 11.4. The van der Waals surface area contributed by atoms with E-state index in [1.165, 1.54) is 14.2 Å². The maximum Gasteiger partial charge on any atom is 0.337 e. The topological polar surface area (TPSA) is 96.0 Å². The predicted molar refractivity (Wildman–Crippen MR) is 82.7 cm³/mol. The molecule has 0 N–H and O–H groups in total. The van der Waals surface area contributed by atoms with E-state index < -0.39 is 28.3 Å². The molecule has 8 heteroatoms. The van der Waals surface area contributed by atoms with Crippen LogP contribution in [0.2, 0.25) is 0 Å². The number of methoxy groups -OCH3 is 2. The molecule has 0 radical (unpaired) electrons. The van der Waals surface area contributed by atoms with Gasteiger partial charge < -0.3 is 14.3 Å². The van der Waals surface area contributed by atoms with E-state index >= 15 is 0 Å². The molecule has 128 valence electrons. The Morgan fingerprint density at radius 1 is 1.22 bits per heavy atom. The van der Waals surface area contributed by atoms with E-state index in [4.69, 9.17) is 8.92 Å². The number of aldehydes is 1. The fourth-order valence-electron chi connectivity index (χ4n) is 2.02. The van der Waals surface area contributed by atoms with Crippen LogP contribution in [0.4, 0.5) is 0 Å². The van der Waals surface area contributed by atoms with Gasteiger partial charge in [-0.25, -0.2) is 4.79 Å². The summed E-state index contributed by atoms with van der Waals surface area (Å²) in [5, 5.41) is 0. The Morgan fingerprint density at radius 3 is 2.26 bits per heavy atom. The molecule has 23 heavy (non-hydrogen) atoms. The lowest BCUT2D eigenvalue weighted by Gasteiger charge is -2.20. The quantitative estimate of drug-likeness (QED) is 0.374. The van der Waals surface area contributed by atoms with Crippen molar-refractivity contribution in [3.05, 3.63) is 35.4 Å². The van der Waals surface area contributed by atoms with Gasteiger partial charge in [0.05, 0.1) is 18.9 Å². The molecule has 0 bridgehead atoms. The molecule has 2 unspecified atom stereocenters. The summed E-state index contributed by atoms with van der Waals surface area (Å²) in [5.74, 6) is -0.435. The predicted octanol–water partition coefficient (Wildman–Crippen LogP) is 0.964. The van der Waals surface area contributed by atoms with Gasteiger partial charge >= 0.3 is 5.97 Å². The molecule has 0 aliphatic rings.